The van der Waals surface area contributed by atoms with Crippen LogP contribution in [0.4, 0.5) is 18.4 Å². The van der Waals surface area contributed by atoms with Gasteiger partial charge in [-0.15, -0.1) is 0 Å². The van der Waals surface area contributed by atoms with Gasteiger partial charge in [0.15, 0.2) is 0 Å². The molecule has 0 saturated carbocycles. The van der Waals surface area contributed by atoms with Crippen LogP contribution in [0.1, 0.15) is 98.1 Å². The second-order valence-electron chi connectivity index (χ2n) is 13.9. The lowest BCUT2D eigenvalue weighted by Gasteiger charge is -2.35. The van der Waals surface area contributed by atoms with Crippen molar-refractivity contribution in [1.29, 1.82) is 0 Å². The Hall–Kier alpha value is -4.22. The molecule has 2 amide bonds. The number of nitrogens with zero attached hydrogens (tertiary/aromatic N) is 2. The molecule has 2 aliphatic heterocycles. The van der Waals surface area contributed by atoms with E-state index in [0.29, 0.717) is 37.1 Å². The third-order valence-electron chi connectivity index (χ3n) is 7.91. The highest BCUT2D eigenvalue weighted by Crippen LogP contribution is 2.33. The Balaban J connectivity index is 0.000000260. The van der Waals surface area contributed by atoms with Gasteiger partial charge in [-0.05, 0) is 89.8 Å². The average molecular weight is 675 g/mol. The molecule has 0 bridgehead atoms. The number of esters is 2. The maximum atomic E-state index is 14.6. The fourth-order valence-electron chi connectivity index (χ4n) is 5.51. The SMILES string of the molecule is COC(=O)c1ccc([C@@H]2CCN(C(=O)OC(C)(C)C)C[C@@H]2F)cc1.COC(=O)c1ccc([C@H]2CCN(C(=O)OC(C)(C)C)C[C@H]2F)cc1. The summed E-state index contributed by atoms with van der Waals surface area (Å²) in [5.74, 6) is -1.43. The minimum absolute atomic E-state index is 0.0122. The lowest BCUT2D eigenvalue weighted by Crippen LogP contribution is -2.46. The Morgan fingerprint density at radius 2 is 0.917 bits per heavy atom. The van der Waals surface area contributed by atoms with Crippen LogP contribution in [0.5, 0.6) is 0 Å². The predicted octanol–water partition coefficient (Wildman–Crippen LogP) is 7.07. The van der Waals surface area contributed by atoms with Crippen molar-refractivity contribution in [2.45, 2.75) is 89.8 Å². The van der Waals surface area contributed by atoms with Crippen molar-refractivity contribution < 1.29 is 46.9 Å². The summed E-state index contributed by atoms with van der Waals surface area (Å²) < 4.78 is 49.0. The summed E-state index contributed by atoms with van der Waals surface area (Å²) in [4.78, 5) is 49.8. The Kier molecular flexibility index (Phi) is 12.9. The summed E-state index contributed by atoms with van der Waals surface area (Å²) in [5, 5.41) is 0. The topological polar surface area (TPSA) is 112 Å². The van der Waals surface area contributed by atoms with Crippen molar-refractivity contribution in [3.63, 3.8) is 0 Å². The molecule has 2 heterocycles. The average Bonchev–Trinajstić information content (AvgIpc) is 3.03. The number of likely N-dealkylation sites (tertiary alicyclic amines) is 2. The van der Waals surface area contributed by atoms with E-state index in [2.05, 4.69) is 9.47 Å². The second-order valence-corrected chi connectivity index (χ2v) is 13.9. The van der Waals surface area contributed by atoms with Crippen LogP contribution >= 0.6 is 0 Å². The highest BCUT2D eigenvalue weighted by Gasteiger charge is 2.36. The number of rotatable bonds is 4. The number of hydrogen-bond donors (Lipinski definition) is 0. The first-order valence-corrected chi connectivity index (χ1v) is 16.0. The smallest absolute Gasteiger partial charge is 0.410 e. The number of carbonyl (C=O) groups is 4. The molecule has 0 unspecified atom stereocenters. The van der Waals surface area contributed by atoms with E-state index in [1.54, 1.807) is 90.1 Å². The van der Waals surface area contributed by atoms with E-state index in [1.165, 1.54) is 24.0 Å². The quantitative estimate of drug-likeness (QED) is 0.250. The first-order valence-electron chi connectivity index (χ1n) is 16.0. The molecule has 0 N–H and O–H groups in total. The molecule has 264 valence electrons. The van der Waals surface area contributed by atoms with Crippen molar-refractivity contribution in [3.05, 3.63) is 70.8 Å². The normalized spacial score (nSPS) is 21.3. The van der Waals surface area contributed by atoms with Crippen LogP contribution in [0.2, 0.25) is 0 Å². The lowest BCUT2D eigenvalue weighted by molar-refractivity contribution is 0.0104. The summed E-state index contributed by atoms with van der Waals surface area (Å²) in [6.45, 7) is 11.6. The van der Waals surface area contributed by atoms with Crippen LogP contribution in [0.3, 0.4) is 0 Å². The predicted molar refractivity (Wildman–Crippen MR) is 176 cm³/mol. The van der Waals surface area contributed by atoms with Gasteiger partial charge in [-0.1, -0.05) is 24.3 Å². The maximum absolute atomic E-state index is 14.6. The zero-order valence-corrected chi connectivity index (χ0v) is 29.1. The molecule has 2 fully saturated rings. The number of hydrogen-bond acceptors (Lipinski definition) is 8. The Labute approximate surface area is 281 Å². The molecule has 48 heavy (non-hydrogen) atoms. The van der Waals surface area contributed by atoms with Crippen molar-refractivity contribution in [1.82, 2.24) is 9.80 Å². The first kappa shape index (κ1) is 38.2. The fourth-order valence-corrected chi connectivity index (χ4v) is 5.51. The van der Waals surface area contributed by atoms with Crippen LogP contribution in [0, 0.1) is 0 Å². The molecule has 2 aromatic rings. The molecule has 2 saturated heterocycles. The minimum Gasteiger partial charge on any atom is -0.465 e. The highest BCUT2D eigenvalue weighted by molar-refractivity contribution is 5.89. The monoisotopic (exact) mass is 674 g/mol. The van der Waals surface area contributed by atoms with E-state index in [4.69, 9.17) is 9.47 Å². The number of amides is 2. The lowest BCUT2D eigenvalue weighted by atomic mass is 9.87. The molecule has 0 spiro atoms. The molecule has 0 aliphatic carbocycles. The van der Waals surface area contributed by atoms with Crippen molar-refractivity contribution in [2.75, 3.05) is 40.4 Å². The molecule has 12 heteroatoms. The molecular formula is C36H48F2N2O8. The zero-order valence-electron chi connectivity index (χ0n) is 29.1. The summed E-state index contributed by atoms with van der Waals surface area (Å²) in [6.07, 6.45) is -2.28. The number of benzene rings is 2. The molecule has 4 atom stereocenters. The van der Waals surface area contributed by atoms with E-state index < -0.39 is 47.7 Å². The van der Waals surface area contributed by atoms with Gasteiger partial charge in [0.25, 0.3) is 0 Å². The number of alkyl halides is 2. The molecular weight excluding hydrogens is 626 g/mol. The van der Waals surface area contributed by atoms with Crippen LogP contribution in [-0.4, -0.2) is 97.9 Å². The van der Waals surface area contributed by atoms with Crippen molar-refractivity contribution in [3.8, 4) is 0 Å². The van der Waals surface area contributed by atoms with Crippen molar-refractivity contribution >= 4 is 24.1 Å². The molecule has 2 aromatic carbocycles. The molecule has 10 nitrogen and oxygen atoms in total. The number of carbonyl (C=O) groups excluding carboxylic acids is 4. The Morgan fingerprint density at radius 3 is 1.17 bits per heavy atom. The third-order valence-corrected chi connectivity index (χ3v) is 7.91. The number of methoxy groups -OCH3 is 2. The van der Waals surface area contributed by atoms with Crippen LogP contribution in [0.15, 0.2) is 48.5 Å². The first-order chi connectivity index (χ1) is 22.4. The van der Waals surface area contributed by atoms with E-state index in [-0.39, 0.29) is 24.9 Å². The fraction of sp³-hybridized carbons (Fsp3) is 0.556. The number of ether oxygens (including phenoxy) is 4. The zero-order chi connectivity index (χ0) is 35.8. The molecule has 2 aliphatic rings. The van der Waals surface area contributed by atoms with Gasteiger partial charge in [0.05, 0.1) is 38.4 Å². The Bertz CT molecular complexity index is 1300. The number of piperidine rings is 2. The van der Waals surface area contributed by atoms with Crippen LogP contribution < -0.4 is 0 Å². The van der Waals surface area contributed by atoms with Gasteiger partial charge in [0.2, 0.25) is 0 Å². The van der Waals surface area contributed by atoms with Gasteiger partial charge in [-0.25, -0.2) is 28.0 Å². The third kappa shape index (κ3) is 10.9. The summed E-state index contributed by atoms with van der Waals surface area (Å²) in [5.41, 5.74) is 1.32. The molecule has 0 radical (unpaired) electrons. The van der Waals surface area contributed by atoms with Crippen molar-refractivity contribution in [2.24, 2.45) is 0 Å². The summed E-state index contributed by atoms with van der Waals surface area (Å²) in [6, 6.07) is 13.5. The molecule has 0 aromatic heterocycles. The van der Waals surface area contributed by atoms with Gasteiger partial charge in [-0.3, -0.25) is 0 Å². The van der Waals surface area contributed by atoms with E-state index in [1.807, 2.05) is 0 Å². The number of halogens is 2. The Morgan fingerprint density at radius 1 is 0.604 bits per heavy atom. The maximum Gasteiger partial charge on any atom is 0.410 e. The van der Waals surface area contributed by atoms with E-state index in [0.717, 1.165) is 11.1 Å². The van der Waals surface area contributed by atoms with Crippen LogP contribution in [-0.2, 0) is 18.9 Å². The van der Waals surface area contributed by atoms with Gasteiger partial charge >= 0.3 is 24.1 Å². The van der Waals surface area contributed by atoms with E-state index in [9.17, 15) is 28.0 Å². The van der Waals surface area contributed by atoms with Gasteiger partial charge < -0.3 is 28.7 Å². The standard InChI is InChI=1S/2C18H24FNO4/c2*1-18(2,3)24-17(22)20-10-9-14(15(19)11-20)12-5-7-13(8-6-12)16(21)23-4/h2*5-8,14-15H,9-11H2,1-4H3/t2*14-,15-/m10/s1. The second kappa shape index (κ2) is 16.3. The van der Waals surface area contributed by atoms with Crippen LogP contribution in [0.25, 0.3) is 0 Å². The van der Waals surface area contributed by atoms with Gasteiger partial charge in [0.1, 0.15) is 23.5 Å². The highest BCUT2D eigenvalue weighted by atomic mass is 19.1. The largest absolute Gasteiger partial charge is 0.465 e. The summed E-state index contributed by atoms with van der Waals surface area (Å²) in [7, 11) is 2.64. The van der Waals surface area contributed by atoms with Gasteiger partial charge in [-0.2, -0.15) is 0 Å². The summed E-state index contributed by atoms with van der Waals surface area (Å²) >= 11 is 0. The van der Waals surface area contributed by atoms with E-state index >= 15 is 0 Å². The minimum atomic E-state index is -1.17. The molecule has 4 rings (SSSR count). The van der Waals surface area contributed by atoms with Gasteiger partial charge in [0, 0.05) is 24.9 Å².